The Labute approximate surface area is 138 Å². The predicted octanol–water partition coefficient (Wildman–Crippen LogP) is 2.52. The molecule has 1 unspecified atom stereocenters. The molecule has 23 heavy (non-hydrogen) atoms. The van der Waals surface area contributed by atoms with Crippen molar-refractivity contribution < 1.29 is 27.9 Å². The highest BCUT2D eigenvalue weighted by atomic mass is 79.9. The van der Waals surface area contributed by atoms with Crippen LogP contribution in [0.1, 0.15) is 11.7 Å². The van der Waals surface area contributed by atoms with Gasteiger partial charge in [-0.3, -0.25) is 9.78 Å². The van der Waals surface area contributed by atoms with Gasteiger partial charge in [0.1, 0.15) is 0 Å². The number of amides is 2. The molecule has 0 aromatic carbocycles. The van der Waals surface area contributed by atoms with E-state index in [4.69, 9.17) is 5.11 Å². The zero-order valence-corrected chi connectivity index (χ0v) is 13.5. The van der Waals surface area contributed by atoms with Crippen molar-refractivity contribution in [2.45, 2.75) is 12.2 Å². The number of carbonyl (C=O) groups excluding carboxylic acids is 1. The van der Waals surface area contributed by atoms with Crippen LogP contribution in [-0.4, -0.2) is 58.2 Å². The molecule has 1 saturated heterocycles. The van der Waals surface area contributed by atoms with Crippen molar-refractivity contribution in [2.24, 2.45) is 5.92 Å². The van der Waals surface area contributed by atoms with E-state index < -0.39 is 30.1 Å². The number of likely N-dealkylation sites (tertiary alicyclic amines) is 1. The Bertz CT molecular complexity index is 603. The number of halogens is 4. The van der Waals surface area contributed by atoms with Crippen molar-refractivity contribution in [3.8, 4) is 0 Å². The van der Waals surface area contributed by atoms with Gasteiger partial charge >= 0.3 is 12.3 Å². The molecule has 1 fully saturated rings. The van der Waals surface area contributed by atoms with Gasteiger partial charge in [-0.15, -0.1) is 0 Å². The fourth-order valence-electron chi connectivity index (χ4n) is 2.34. The van der Waals surface area contributed by atoms with Crippen molar-refractivity contribution in [1.82, 2.24) is 14.8 Å². The van der Waals surface area contributed by atoms with Gasteiger partial charge in [0.2, 0.25) is 5.91 Å². The summed E-state index contributed by atoms with van der Waals surface area (Å²) in [6.07, 6.45) is -4.66. The lowest BCUT2D eigenvalue weighted by Gasteiger charge is -2.40. The molecule has 1 aromatic rings. The summed E-state index contributed by atoms with van der Waals surface area (Å²) in [5, 5.41) is 8.72. The molecular weight excluding hydrogens is 383 g/mol. The van der Waals surface area contributed by atoms with Crippen molar-refractivity contribution in [2.75, 3.05) is 20.1 Å². The smallest absolute Gasteiger partial charge is 0.414 e. The first kappa shape index (κ1) is 17.5. The van der Waals surface area contributed by atoms with Crippen LogP contribution in [0.15, 0.2) is 22.8 Å². The number of rotatable bonds is 3. The molecule has 0 bridgehead atoms. The van der Waals surface area contributed by atoms with Crippen LogP contribution in [0.25, 0.3) is 0 Å². The van der Waals surface area contributed by atoms with E-state index in [9.17, 15) is 22.8 Å². The normalized spacial score (nSPS) is 16.7. The first-order chi connectivity index (χ1) is 10.6. The fourth-order valence-corrected chi connectivity index (χ4v) is 2.58. The largest absolute Gasteiger partial charge is 0.465 e. The maximum atomic E-state index is 13.4. The minimum Gasteiger partial charge on any atom is -0.465 e. The first-order valence-electron chi connectivity index (χ1n) is 6.54. The zero-order valence-electron chi connectivity index (χ0n) is 11.9. The van der Waals surface area contributed by atoms with Crippen molar-refractivity contribution in [1.29, 1.82) is 0 Å². The molecule has 6 nitrogen and oxygen atoms in total. The predicted molar refractivity (Wildman–Crippen MR) is 76.6 cm³/mol. The van der Waals surface area contributed by atoms with Crippen LogP contribution in [0.3, 0.4) is 0 Å². The van der Waals surface area contributed by atoms with Gasteiger partial charge in [0.15, 0.2) is 6.04 Å². The third-order valence-corrected chi connectivity index (χ3v) is 4.05. The molecule has 2 amide bonds. The highest BCUT2D eigenvalue weighted by Crippen LogP contribution is 2.37. The van der Waals surface area contributed by atoms with Crippen LogP contribution in [0.2, 0.25) is 0 Å². The molecule has 1 atom stereocenters. The van der Waals surface area contributed by atoms with E-state index in [1.807, 2.05) is 0 Å². The van der Waals surface area contributed by atoms with Crippen LogP contribution in [0, 0.1) is 5.92 Å². The van der Waals surface area contributed by atoms with E-state index in [1.54, 1.807) is 0 Å². The molecule has 10 heteroatoms. The molecule has 0 aliphatic carbocycles. The highest BCUT2D eigenvalue weighted by molar-refractivity contribution is 9.10. The van der Waals surface area contributed by atoms with Gasteiger partial charge in [-0.1, -0.05) is 0 Å². The summed E-state index contributed by atoms with van der Waals surface area (Å²) >= 11 is 3.09. The Balaban J connectivity index is 2.18. The molecular formula is C13H13BrF3N3O3. The highest BCUT2D eigenvalue weighted by Gasteiger charge is 2.48. The summed E-state index contributed by atoms with van der Waals surface area (Å²) in [5.74, 6) is -1.52. The lowest BCUT2D eigenvalue weighted by molar-refractivity contribution is -0.193. The van der Waals surface area contributed by atoms with Crippen molar-refractivity contribution in [3.63, 3.8) is 0 Å². The molecule has 2 rings (SSSR count). The topological polar surface area (TPSA) is 73.7 Å². The van der Waals surface area contributed by atoms with E-state index in [1.165, 1.54) is 18.3 Å². The second-order valence-electron chi connectivity index (χ2n) is 5.18. The van der Waals surface area contributed by atoms with Crippen LogP contribution in [0.4, 0.5) is 18.0 Å². The van der Waals surface area contributed by atoms with E-state index in [0.717, 1.165) is 11.9 Å². The number of nitrogens with zero attached hydrogens (tertiary/aromatic N) is 3. The summed E-state index contributed by atoms with van der Waals surface area (Å²) in [6, 6.07) is 0.424. The van der Waals surface area contributed by atoms with E-state index in [2.05, 4.69) is 20.9 Å². The van der Waals surface area contributed by atoms with Crippen LogP contribution >= 0.6 is 15.9 Å². The standard InChI is InChI=1S/C13H13BrF3N3O3/c1-19(11(21)7-5-20(6-7)12(22)23)10(13(15,16)17)9-3-2-8(14)4-18-9/h2-4,7,10H,5-6H2,1H3,(H,22,23). The molecule has 0 saturated carbocycles. The molecule has 0 radical (unpaired) electrons. The van der Waals surface area contributed by atoms with Crippen LogP contribution in [-0.2, 0) is 4.79 Å². The maximum Gasteiger partial charge on any atom is 0.414 e. The number of carbonyl (C=O) groups is 2. The van der Waals surface area contributed by atoms with E-state index in [0.29, 0.717) is 9.37 Å². The number of carboxylic acid groups (broad SMARTS) is 1. The third-order valence-electron chi connectivity index (χ3n) is 3.58. The van der Waals surface area contributed by atoms with Crippen LogP contribution < -0.4 is 0 Å². The minimum absolute atomic E-state index is 0.100. The molecule has 1 N–H and O–H groups in total. The lowest BCUT2D eigenvalue weighted by Crippen LogP contribution is -2.56. The Hall–Kier alpha value is -1.84. The Morgan fingerprint density at radius 2 is 2.04 bits per heavy atom. The van der Waals surface area contributed by atoms with Gasteiger partial charge in [-0.2, -0.15) is 13.2 Å². The lowest BCUT2D eigenvalue weighted by atomic mass is 9.98. The quantitative estimate of drug-likeness (QED) is 0.853. The molecule has 1 aromatic heterocycles. The maximum absolute atomic E-state index is 13.4. The fraction of sp³-hybridized carbons (Fsp3) is 0.462. The summed E-state index contributed by atoms with van der Waals surface area (Å²) in [5.41, 5.74) is -0.300. The Kier molecular flexibility index (Phi) is 4.83. The monoisotopic (exact) mass is 395 g/mol. The first-order valence-corrected chi connectivity index (χ1v) is 7.33. The second-order valence-corrected chi connectivity index (χ2v) is 6.09. The SMILES string of the molecule is CN(C(=O)C1CN(C(=O)O)C1)C(c1ccc(Br)cn1)C(F)(F)F. The minimum atomic E-state index is -4.69. The number of hydrogen-bond donors (Lipinski definition) is 1. The molecule has 1 aliphatic heterocycles. The van der Waals surface area contributed by atoms with Gasteiger partial charge < -0.3 is 14.9 Å². The molecule has 0 spiro atoms. The van der Waals surface area contributed by atoms with Crippen LogP contribution in [0.5, 0.6) is 0 Å². The van der Waals surface area contributed by atoms with Gasteiger partial charge in [-0.25, -0.2) is 4.79 Å². The number of hydrogen-bond acceptors (Lipinski definition) is 3. The molecule has 126 valence electrons. The average molecular weight is 396 g/mol. The van der Waals surface area contributed by atoms with Gasteiger partial charge in [0, 0.05) is 30.8 Å². The zero-order chi connectivity index (χ0) is 17.4. The summed E-state index contributed by atoms with van der Waals surface area (Å²) in [6.45, 7) is -0.201. The molecule has 1 aliphatic rings. The average Bonchev–Trinajstić information content (AvgIpc) is 2.37. The summed E-state index contributed by atoms with van der Waals surface area (Å²) < 4.78 is 40.6. The summed E-state index contributed by atoms with van der Waals surface area (Å²) in [7, 11) is 1.05. The third kappa shape index (κ3) is 3.74. The van der Waals surface area contributed by atoms with E-state index >= 15 is 0 Å². The van der Waals surface area contributed by atoms with Gasteiger partial charge in [0.05, 0.1) is 11.6 Å². The van der Waals surface area contributed by atoms with E-state index in [-0.39, 0.29) is 18.8 Å². The second kappa shape index (κ2) is 6.34. The van der Waals surface area contributed by atoms with Gasteiger partial charge in [0.25, 0.3) is 0 Å². The number of aromatic nitrogens is 1. The summed E-state index contributed by atoms with van der Waals surface area (Å²) in [4.78, 5) is 28.1. The number of pyridine rings is 1. The Morgan fingerprint density at radius 1 is 1.43 bits per heavy atom. The van der Waals surface area contributed by atoms with Gasteiger partial charge in [-0.05, 0) is 28.1 Å². The Morgan fingerprint density at radius 3 is 2.48 bits per heavy atom. The van der Waals surface area contributed by atoms with Crippen molar-refractivity contribution in [3.05, 3.63) is 28.5 Å². The number of alkyl halides is 3. The van der Waals surface area contributed by atoms with Crippen molar-refractivity contribution >= 4 is 27.9 Å². The molecule has 2 heterocycles.